The maximum Gasteiger partial charge on any atom is 0.312 e. The molecule has 0 aromatic heterocycles. The van der Waals surface area contributed by atoms with Crippen molar-refractivity contribution in [3.63, 3.8) is 0 Å². The summed E-state index contributed by atoms with van der Waals surface area (Å²) in [5.74, 6) is -0.0861. The van der Waals surface area contributed by atoms with Gasteiger partial charge in [0.1, 0.15) is 5.78 Å². The van der Waals surface area contributed by atoms with Crippen molar-refractivity contribution in [2.45, 2.75) is 51.5 Å². The first-order valence-electron chi connectivity index (χ1n) is 9.08. The number of ketones is 1. The highest BCUT2D eigenvalue weighted by molar-refractivity contribution is 5.82. The average Bonchev–Trinajstić information content (AvgIpc) is 2.62. The minimum atomic E-state index is -0.627. The molecule has 7 nitrogen and oxygen atoms in total. The lowest BCUT2D eigenvalue weighted by Gasteiger charge is -2.12. The van der Waals surface area contributed by atoms with Gasteiger partial charge in [0.2, 0.25) is 5.91 Å². The third-order valence-electron chi connectivity index (χ3n) is 4.09. The van der Waals surface area contributed by atoms with Crippen molar-refractivity contribution in [1.82, 2.24) is 10.6 Å². The highest BCUT2D eigenvalue weighted by atomic mass is 16.2. The Morgan fingerprint density at radius 2 is 1.62 bits per heavy atom. The number of amides is 3. The van der Waals surface area contributed by atoms with Gasteiger partial charge in [0.25, 0.3) is 0 Å². The van der Waals surface area contributed by atoms with Crippen LogP contribution in [0.1, 0.15) is 43.7 Å². The normalized spacial score (nSPS) is 11.6. The first-order chi connectivity index (χ1) is 12.4. The summed E-state index contributed by atoms with van der Waals surface area (Å²) in [5.41, 5.74) is 13.0. The van der Waals surface area contributed by atoms with Crippen LogP contribution < -0.4 is 22.1 Å². The van der Waals surface area contributed by atoms with E-state index in [1.54, 1.807) is 0 Å². The highest BCUT2D eigenvalue weighted by Gasteiger charge is 2.12. The number of Topliss-reactive ketones (excluding diaryl/α,β-unsaturated/α-hetero) is 1. The fourth-order valence-corrected chi connectivity index (χ4v) is 2.50. The lowest BCUT2D eigenvalue weighted by Crippen LogP contribution is -2.41. The van der Waals surface area contributed by atoms with E-state index in [-0.39, 0.29) is 11.7 Å². The molecule has 7 heteroatoms. The molecule has 0 bridgehead atoms. The van der Waals surface area contributed by atoms with Crippen molar-refractivity contribution in [1.29, 1.82) is 0 Å². The molecule has 0 unspecified atom stereocenters. The van der Waals surface area contributed by atoms with E-state index in [0.29, 0.717) is 45.2 Å². The molecule has 6 N–H and O–H groups in total. The molecule has 1 atom stereocenters. The van der Waals surface area contributed by atoms with Gasteiger partial charge in [0.05, 0.1) is 6.04 Å². The third kappa shape index (κ3) is 9.17. The molecule has 0 spiro atoms. The van der Waals surface area contributed by atoms with Crippen molar-refractivity contribution in [2.75, 3.05) is 13.1 Å². The molecule has 144 valence electrons. The number of aryl methyl sites for hydroxylation is 1. The Kier molecular flexibility index (Phi) is 10.0. The number of benzene rings is 1. The van der Waals surface area contributed by atoms with Gasteiger partial charge in [-0.2, -0.15) is 0 Å². The SMILES string of the molecule is CCc1ccc(CC(=O)CCCNC(=O)[C@@H](N)CCCNC(N)=O)cc1. The highest BCUT2D eigenvalue weighted by Crippen LogP contribution is 2.07. The largest absolute Gasteiger partial charge is 0.355 e. The van der Waals surface area contributed by atoms with Crippen molar-refractivity contribution in [2.24, 2.45) is 11.5 Å². The van der Waals surface area contributed by atoms with Crippen LogP contribution in [0.4, 0.5) is 4.79 Å². The van der Waals surface area contributed by atoms with E-state index in [1.165, 1.54) is 5.56 Å². The molecular formula is C19H30N4O3. The van der Waals surface area contributed by atoms with E-state index in [1.807, 2.05) is 24.3 Å². The molecule has 0 saturated carbocycles. The third-order valence-corrected chi connectivity index (χ3v) is 4.09. The van der Waals surface area contributed by atoms with Gasteiger partial charge in [-0.3, -0.25) is 9.59 Å². The van der Waals surface area contributed by atoms with Crippen molar-refractivity contribution in [3.05, 3.63) is 35.4 Å². The fourth-order valence-electron chi connectivity index (χ4n) is 2.50. The molecule has 0 radical (unpaired) electrons. The maximum absolute atomic E-state index is 12.0. The first-order valence-corrected chi connectivity index (χ1v) is 9.08. The summed E-state index contributed by atoms with van der Waals surface area (Å²) >= 11 is 0. The van der Waals surface area contributed by atoms with E-state index < -0.39 is 12.1 Å². The fraction of sp³-hybridized carbons (Fsp3) is 0.526. The molecule has 1 aromatic rings. The topological polar surface area (TPSA) is 127 Å². The number of primary amides is 1. The van der Waals surface area contributed by atoms with Gasteiger partial charge in [-0.05, 0) is 36.8 Å². The summed E-state index contributed by atoms with van der Waals surface area (Å²) in [6, 6.07) is 6.85. The molecule has 1 aromatic carbocycles. The number of hydrogen-bond donors (Lipinski definition) is 4. The minimum absolute atomic E-state index is 0.158. The number of hydrogen-bond acceptors (Lipinski definition) is 4. The second-order valence-corrected chi connectivity index (χ2v) is 6.32. The molecule has 0 fully saturated rings. The van der Waals surface area contributed by atoms with Gasteiger partial charge >= 0.3 is 6.03 Å². The number of rotatable bonds is 12. The zero-order valence-corrected chi connectivity index (χ0v) is 15.4. The van der Waals surface area contributed by atoms with Crippen LogP contribution >= 0.6 is 0 Å². The van der Waals surface area contributed by atoms with Gasteiger partial charge in [-0.25, -0.2) is 4.79 Å². The summed E-state index contributed by atoms with van der Waals surface area (Å²) in [6.07, 6.45) is 3.45. The van der Waals surface area contributed by atoms with E-state index in [2.05, 4.69) is 17.6 Å². The maximum atomic E-state index is 12.0. The van der Waals surface area contributed by atoms with Gasteiger partial charge in [-0.1, -0.05) is 31.2 Å². The Labute approximate surface area is 154 Å². The Hall–Kier alpha value is -2.41. The van der Waals surface area contributed by atoms with E-state index in [4.69, 9.17) is 11.5 Å². The Balaban J connectivity index is 2.14. The molecule has 0 aliphatic heterocycles. The van der Waals surface area contributed by atoms with Crippen molar-refractivity contribution in [3.8, 4) is 0 Å². The standard InChI is InChI=1S/C19H30N4O3/c1-2-14-7-9-15(10-8-14)13-16(24)5-3-11-22-18(25)17(20)6-4-12-23-19(21)26/h7-10,17H,2-6,11-13,20H2,1H3,(H,22,25)(H3,21,23,26)/t17-/m0/s1. The molecule has 1 rings (SSSR count). The molecule has 0 saturated heterocycles. The first kappa shape index (κ1) is 21.6. The summed E-state index contributed by atoms with van der Waals surface area (Å²) in [7, 11) is 0. The van der Waals surface area contributed by atoms with Gasteiger partial charge in [-0.15, -0.1) is 0 Å². The molecule has 26 heavy (non-hydrogen) atoms. The molecule has 3 amide bonds. The van der Waals surface area contributed by atoms with Crippen LogP contribution in [-0.2, 0) is 22.4 Å². The van der Waals surface area contributed by atoms with Crippen LogP contribution in [0, 0.1) is 0 Å². The van der Waals surface area contributed by atoms with Crippen LogP contribution in [-0.4, -0.2) is 36.9 Å². The molecule has 0 aliphatic carbocycles. The second kappa shape index (κ2) is 12.0. The van der Waals surface area contributed by atoms with Crippen LogP contribution in [0.3, 0.4) is 0 Å². The average molecular weight is 362 g/mol. The molecule has 0 aliphatic rings. The summed E-state index contributed by atoms with van der Waals surface area (Å²) < 4.78 is 0. The smallest absolute Gasteiger partial charge is 0.312 e. The van der Waals surface area contributed by atoms with E-state index in [0.717, 1.165) is 12.0 Å². The lowest BCUT2D eigenvalue weighted by molar-refractivity contribution is -0.123. The molecular weight excluding hydrogens is 332 g/mol. The van der Waals surface area contributed by atoms with Crippen molar-refractivity contribution < 1.29 is 14.4 Å². The lowest BCUT2D eigenvalue weighted by atomic mass is 10.0. The Bertz CT molecular complexity index is 587. The predicted octanol–water partition coefficient (Wildman–Crippen LogP) is 1.03. The summed E-state index contributed by atoms with van der Waals surface area (Å²) in [4.78, 5) is 34.4. The van der Waals surface area contributed by atoms with Crippen LogP contribution in [0.2, 0.25) is 0 Å². The van der Waals surface area contributed by atoms with E-state index >= 15 is 0 Å². The van der Waals surface area contributed by atoms with Gasteiger partial charge in [0.15, 0.2) is 0 Å². The molecule has 0 heterocycles. The van der Waals surface area contributed by atoms with Crippen LogP contribution in [0.5, 0.6) is 0 Å². The zero-order valence-electron chi connectivity index (χ0n) is 15.4. The van der Waals surface area contributed by atoms with Crippen molar-refractivity contribution >= 4 is 17.7 Å². The monoisotopic (exact) mass is 362 g/mol. The van der Waals surface area contributed by atoms with Crippen LogP contribution in [0.25, 0.3) is 0 Å². The number of carbonyl (C=O) groups excluding carboxylic acids is 3. The Morgan fingerprint density at radius 3 is 2.23 bits per heavy atom. The summed E-state index contributed by atoms with van der Waals surface area (Å²) in [5, 5.41) is 5.18. The number of carbonyl (C=O) groups is 3. The van der Waals surface area contributed by atoms with Gasteiger partial charge < -0.3 is 22.1 Å². The number of nitrogens with two attached hydrogens (primary N) is 2. The number of urea groups is 1. The minimum Gasteiger partial charge on any atom is -0.355 e. The van der Waals surface area contributed by atoms with Crippen LogP contribution in [0.15, 0.2) is 24.3 Å². The quantitative estimate of drug-likeness (QED) is 0.414. The summed E-state index contributed by atoms with van der Waals surface area (Å²) in [6.45, 7) is 2.91. The van der Waals surface area contributed by atoms with E-state index in [9.17, 15) is 14.4 Å². The Morgan fingerprint density at radius 1 is 1.00 bits per heavy atom. The predicted molar refractivity (Wildman–Crippen MR) is 102 cm³/mol. The number of nitrogens with one attached hydrogen (secondary N) is 2. The second-order valence-electron chi connectivity index (χ2n) is 6.32. The zero-order chi connectivity index (χ0) is 19.4. The van der Waals surface area contributed by atoms with Gasteiger partial charge in [0, 0.05) is 25.9 Å².